The lowest BCUT2D eigenvalue weighted by Gasteiger charge is -2.12. The molecule has 1 aromatic rings. The fourth-order valence-electron chi connectivity index (χ4n) is 1.38. The number of hydrogen-bond acceptors (Lipinski definition) is 4. The van der Waals surface area contributed by atoms with Crippen molar-refractivity contribution >= 4 is 15.7 Å². The Morgan fingerprint density at radius 2 is 1.94 bits per heavy atom. The number of hydrogen-bond donors (Lipinski definition) is 1. The molecule has 17 heavy (non-hydrogen) atoms. The van der Waals surface area contributed by atoms with E-state index in [-0.39, 0.29) is 5.75 Å². The van der Waals surface area contributed by atoms with Gasteiger partial charge in [-0.2, -0.15) is 0 Å². The highest BCUT2D eigenvalue weighted by atomic mass is 32.2. The predicted octanol–water partition coefficient (Wildman–Crippen LogP) is 1.86. The van der Waals surface area contributed by atoms with Crippen LogP contribution in [0.15, 0.2) is 18.2 Å². The van der Waals surface area contributed by atoms with E-state index in [0.717, 1.165) is 0 Å². The highest BCUT2D eigenvalue weighted by molar-refractivity contribution is 7.92. The molecular formula is C11H17NO4S. The predicted molar refractivity (Wildman–Crippen MR) is 67.2 cm³/mol. The minimum absolute atomic E-state index is 0.0768. The van der Waals surface area contributed by atoms with Crippen molar-refractivity contribution in [2.45, 2.75) is 13.3 Å². The molecule has 6 heteroatoms. The van der Waals surface area contributed by atoms with E-state index < -0.39 is 10.0 Å². The number of methoxy groups -OCH3 is 2. The molecule has 0 aliphatic heterocycles. The lowest BCUT2D eigenvalue weighted by atomic mass is 10.3. The third-order valence-electron chi connectivity index (χ3n) is 2.14. The molecule has 0 aliphatic rings. The minimum atomic E-state index is -3.33. The van der Waals surface area contributed by atoms with Crippen LogP contribution in [0.25, 0.3) is 0 Å². The lowest BCUT2D eigenvalue weighted by Crippen LogP contribution is -2.16. The van der Waals surface area contributed by atoms with Crippen molar-refractivity contribution in [3.63, 3.8) is 0 Å². The summed E-state index contributed by atoms with van der Waals surface area (Å²) < 4.78 is 35.9. The first-order valence-electron chi connectivity index (χ1n) is 5.25. The summed E-state index contributed by atoms with van der Waals surface area (Å²) in [5, 5.41) is 0. The summed E-state index contributed by atoms with van der Waals surface area (Å²) in [4.78, 5) is 0. The Kier molecular flexibility index (Phi) is 4.62. The van der Waals surface area contributed by atoms with Crippen LogP contribution in [0.4, 0.5) is 5.69 Å². The van der Waals surface area contributed by atoms with Gasteiger partial charge in [0.25, 0.3) is 0 Å². The van der Waals surface area contributed by atoms with Gasteiger partial charge in [-0.05, 0) is 18.6 Å². The maximum atomic E-state index is 11.7. The first-order chi connectivity index (χ1) is 8.02. The van der Waals surface area contributed by atoms with E-state index in [1.165, 1.54) is 14.2 Å². The standard InChI is InChI=1S/C11H17NO4S/c1-4-7-17(13,14)12-10-8-9(15-2)5-6-11(10)16-3/h5-6,8,12H,4,7H2,1-3H3. The van der Waals surface area contributed by atoms with Gasteiger partial charge in [0.05, 0.1) is 25.7 Å². The fourth-order valence-corrected chi connectivity index (χ4v) is 2.52. The summed E-state index contributed by atoms with van der Waals surface area (Å²) >= 11 is 0. The van der Waals surface area contributed by atoms with Crippen molar-refractivity contribution in [3.05, 3.63) is 18.2 Å². The molecular weight excluding hydrogens is 242 g/mol. The van der Waals surface area contributed by atoms with Crippen molar-refractivity contribution in [2.75, 3.05) is 24.7 Å². The van der Waals surface area contributed by atoms with Crippen LogP contribution in [0, 0.1) is 0 Å². The maximum absolute atomic E-state index is 11.7. The zero-order valence-electron chi connectivity index (χ0n) is 10.2. The summed E-state index contributed by atoms with van der Waals surface area (Å²) in [6, 6.07) is 4.95. The average molecular weight is 259 g/mol. The van der Waals surface area contributed by atoms with Crippen molar-refractivity contribution in [3.8, 4) is 11.5 Å². The summed E-state index contributed by atoms with van der Waals surface area (Å²) in [6.07, 6.45) is 0.557. The van der Waals surface area contributed by atoms with Crippen molar-refractivity contribution in [1.29, 1.82) is 0 Å². The van der Waals surface area contributed by atoms with E-state index >= 15 is 0 Å². The van der Waals surface area contributed by atoms with Crippen LogP contribution in [0.3, 0.4) is 0 Å². The van der Waals surface area contributed by atoms with Gasteiger partial charge in [0.15, 0.2) is 0 Å². The number of rotatable bonds is 6. The van der Waals surface area contributed by atoms with Crippen LogP contribution in [0.5, 0.6) is 11.5 Å². The van der Waals surface area contributed by atoms with Gasteiger partial charge in [0.1, 0.15) is 11.5 Å². The molecule has 0 fully saturated rings. The smallest absolute Gasteiger partial charge is 0.232 e. The van der Waals surface area contributed by atoms with Crippen molar-refractivity contribution in [1.82, 2.24) is 0 Å². The van der Waals surface area contributed by atoms with Gasteiger partial charge in [-0.1, -0.05) is 6.92 Å². The molecule has 0 saturated heterocycles. The van der Waals surface area contributed by atoms with Crippen molar-refractivity contribution < 1.29 is 17.9 Å². The molecule has 5 nitrogen and oxygen atoms in total. The quantitative estimate of drug-likeness (QED) is 0.846. The zero-order chi connectivity index (χ0) is 12.9. The van der Waals surface area contributed by atoms with E-state index in [2.05, 4.69) is 4.72 Å². The first kappa shape index (κ1) is 13.6. The maximum Gasteiger partial charge on any atom is 0.232 e. The molecule has 0 spiro atoms. The van der Waals surface area contributed by atoms with E-state index in [1.54, 1.807) is 18.2 Å². The topological polar surface area (TPSA) is 64.6 Å². The van der Waals surface area contributed by atoms with Crippen LogP contribution in [0.2, 0.25) is 0 Å². The molecule has 0 amide bonds. The van der Waals surface area contributed by atoms with Gasteiger partial charge >= 0.3 is 0 Å². The molecule has 0 aromatic heterocycles. The normalized spacial score (nSPS) is 11.0. The molecule has 1 N–H and O–H groups in total. The van der Waals surface area contributed by atoms with Crippen LogP contribution < -0.4 is 14.2 Å². The molecule has 1 aromatic carbocycles. The average Bonchev–Trinajstić information content (AvgIpc) is 2.28. The van der Waals surface area contributed by atoms with Gasteiger partial charge in [-0.15, -0.1) is 0 Å². The van der Waals surface area contributed by atoms with Crippen LogP contribution >= 0.6 is 0 Å². The van der Waals surface area contributed by atoms with E-state index in [1.807, 2.05) is 6.92 Å². The molecule has 0 heterocycles. The zero-order valence-corrected chi connectivity index (χ0v) is 11.0. The second-order valence-electron chi connectivity index (χ2n) is 3.49. The van der Waals surface area contributed by atoms with Crippen molar-refractivity contribution in [2.24, 2.45) is 0 Å². The number of ether oxygens (including phenoxy) is 2. The Balaban J connectivity index is 3.03. The fraction of sp³-hybridized carbons (Fsp3) is 0.455. The van der Waals surface area contributed by atoms with E-state index in [0.29, 0.717) is 23.6 Å². The molecule has 0 saturated carbocycles. The van der Waals surface area contributed by atoms with Gasteiger partial charge in [-0.3, -0.25) is 4.72 Å². The second kappa shape index (κ2) is 5.77. The summed E-state index contributed by atoms with van der Waals surface area (Å²) in [5.74, 6) is 1.11. The Labute approximate surface area is 102 Å². The highest BCUT2D eigenvalue weighted by Gasteiger charge is 2.13. The van der Waals surface area contributed by atoms with Gasteiger partial charge < -0.3 is 9.47 Å². The van der Waals surface area contributed by atoms with Crippen LogP contribution in [0.1, 0.15) is 13.3 Å². The molecule has 0 bridgehead atoms. The van der Waals surface area contributed by atoms with Crippen LogP contribution in [-0.4, -0.2) is 28.4 Å². The van der Waals surface area contributed by atoms with Gasteiger partial charge in [-0.25, -0.2) is 8.42 Å². The third-order valence-corrected chi connectivity index (χ3v) is 3.62. The van der Waals surface area contributed by atoms with Crippen LogP contribution in [-0.2, 0) is 10.0 Å². The largest absolute Gasteiger partial charge is 0.497 e. The Hall–Kier alpha value is -1.43. The molecule has 1 rings (SSSR count). The number of anilines is 1. The molecule has 0 unspecified atom stereocenters. The SMILES string of the molecule is CCCS(=O)(=O)Nc1cc(OC)ccc1OC. The molecule has 0 radical (unpaired) electrons. The first-order valence-corrected chi connectivity index (χ1v) is 6.90. The minimum Gasteiger partial charge on any atom is -0.497 e. The summed E-state index contributed by atoms with van der Waals surface area (Å²) in [7, 11) is -0.322. The third kappa shape index (κ3) is 3.81. The lowest BCUT2D eigenvalue weighted by molar-refractivity contribution is 0.405. The Morgan fingerprint density at radius 3 is 2.47 bits per heavy atom. The second-order valence-corrected chi connectivity index (χ2v) is 5.33. The molecule has 0 aliphatic carbocycles. The Bertz CT molecular complexity index is 470. The Morgan fingerprint density at radius 1 is 1.24 bits per heavy atom. The van der Waals surface area contributed by atoms with E-state index in [9.17, 15) is 8.42 Å². The van der Waals surface area contributed by atoms with E-state index in [4.69, 9.17) is 9.47 Å². The molecule has 0 atom stereocenters. The van der Waals surface area contributed by atoms with Gasteiger partial charge in [0, 0.05) is 6.07 Å². The number of benzene rings is 1. The van der Waals surface area contributed by atoms with Gasteiger partial charge in [0.2, 0.25) is 10.0 Å². The summed E-state index contributed by atoms with van der Waals surface area (Å²) in [6.45, 7) is 1.81. The number of sulfonamides is 1. The molecule has 96 valence electrons. The number of nitrogens with one attached hydrogen (secondary N) is 1. The highest BCUT2D eigenvalue weighted by Crippen LogP contribution is 2.29. The summed E-state index contributed by atoms with van der Waals surface area (Å²) in [5.41, 5.74) is 0.389. The monoisotopic (exact) mass is 259 g/mol.